The molecule has 17 heavy (non-hydrogen) atoms. The highest BCUT2D eigenvalue weighted by Gasteiger charge is 2.19. The Morgan fingerprint density at radius 1 is 1.65 bits per heavy atom. The first kappa shape index (κ1) is 12.0. The van der Waals surface area contributed by atoms with Gasteiger partial charge >= 0.3 is 0 Å². The lowest BCUT2D eigenvalue weighted by molar-refractivity contribution is -0.132. The van der Waals surface area contributed by atoms with E-state index in [0.29, 0.717) is 12.5 Å². The number of pyridine rings is 1. The molecule has 1 aromatic heterocycles. The minimum Gasteiger partial charge on any atom is -0.340 e. The number of nitrogens with one attached hydrogen (secondary N) is 1. The van der Waals surface area contributed by atoms with E-state index in [1.54, 1.807) is 6.20 Å². The third-order valence-electron chi connectivity index (χ3n) is 3.07. The Bertz CT molecular complexity index is 366. The van der Waals surface area contributed by atoms with E-state index in [0.717, 1.165) is 31.6 Å². The van der Waals surface area contributed by atoms with Crippen LogP contribution >= 0.6 is 0 Å². The van der Waals surface area contributed by atoms with Crippen LogP contribution in [0.3, 0.4) is 0 Å². The molecule has 0 unspecified atom stereocenters. The molecule has 1 aliphatic rings. The van der Waals surface area contributed by atoms with Crippen LogP contribution in [0, 0.1) is 0 Å². The van der Waals surface area contributed by atoms with E-state index < -0.39 is 0 Å². The number of hydrogen-bond acceptors (Lipinski definition) is 3. The predicted octanol–water partition coefficient (Wildman–Crippen LogP) is 0.834. The Labute approximate surface area is 102 Å². The number of nitrogens with zero attached hydrogens (tertiary/aromatic N) is 2. The second-order valence-electron chi connectivity index (χ2n) is 4.56. The van der Waals surface area contributed by atoms with Crippen molar-refractivity contribution in [2.75, 3.05) is 19.6 Å². The van der Waals surface area contributed by atoms with Gasteiger partial charge in [0.15, 0.2) is 0 Å². The third-order valence-corrected chi connectivity index (χ3v) is 3.07. The first-order chi connectivity index (χ1) is 8.25. The Kier molecular flexibility index (Phi) is 4.09. The second-order valence-corrected chi connectivity index (χ2v) is 4.56. The van der Waals surface area contributed by atoms with Crippen molar-refractivity contribution >= 4 is 5.91 Å². The molecule has 1 aromatic rings. The van der Waals surface area contributed by atoms with Crippen LogP contribution in [0.4, 0.5) is 0 Å². The summed E-state index contributed by atoms with van der Waals surface area (Å²) in [5.74, 6) is 0.252. The van der Waals surface area contributed by atoms with Crippen molar-refractivity contribution in [2.24, 2.45) is 0 Å². The lowest BCUT2D eigenvalue weighted by Crippen LogP contribution is -2.51. The maximum Gasteiger partial charge on any atom is 0.222 e. The number of aromatic nitrogens is 1. The summed E-state index contributed by atoms with van der Waals surface area (Å²) in [5.41, 5.74) is 1.13. The Morgan fingerprint density at radius 3 is 3.24 bits per heavy atom. The first-order valence-electron chi connectivity index (χ1n) is 6.16. The molecule has 0 radical (unpaired) electrons. The van der Waals surface area contributed by atoms with E-state index >= 15 is 0 Å². The summed E-state index contributed by atoms with van der Waals surface area (Å²) in [7, 11) is 0. The molecule has 1 amide bonds. The van der Waals surface area contributed by atoms with E-state index in [2.05, 4.69) is 17.2 Å². The summed E-state index contributed by atoms with van der Waals surface area (Å²) in [6, 6.07) is 4.33. The second kappa shape index (κ2) is 5.77. The van der Waals surface area contributed by atoms with Crippen LogP contribution in [-0.4, -0.2) is 41.5 Å². The highest BCUT2D eigenvalue weighted by molar-refractivity contribution is 5.76. The van der Waals surface area contributed by atoms with Crippen LogP contribution in [0.25, 0.3) is 0 Å². The van der Waals surface area contributed by atoms with Crippen molar-refractivity contribution in [3.63, 3.8) is 0 Å². The number of aryl methyl sites for hydroxylation is 1. The smallest absolute Gasteiger partial charge is 0.222 e. The highest BCUT2D eigenvalue weighted by atomic mass is 16.2. The Balaban J connectivity index is 1.81. The molecule has 0 saturated carbocycles. The standard InChI is InChI=1S/C13H19N3O/c1-11-10-16(8-7-15-11)13(17)5-4-12-3-2-6-14-9-12/h2-3,6,9,11,15H,4-5,7-8,10H2,1H3/t11-/m1/s1. The fourth-order valence-electron chi connectivity index (χ4n) is 2.11. The molecule has 1 saturated heterocycles. The number of rotatable bonds is 3. The molecule has 0 bridgehead atoms. The molecular weight excluding hydrogens is 214 g/mol. The number of carbonyl (C=O) groups excluding carboxylic acids is 1. The van der Waals surface area contributed by atoms with Crippen molar-refractivity contribution in [3.8, 4) is 0 Å². The first-order valence-corrected chi connectivity index (χ1v) is 6.16. The highest BCUT2D eigenvalue weighted by Crippen LogP contribution is 2.06. The molecule has 0 aliphatic carbocycles. The summed E-state index contributed by atoms with van der Waals surface area (Å²) in [4.78, 5) is 18.0. The molecule has 1 atom stereocenters. The molecule has 1 N–H and O–H groups in total. The molecule has 2 rings (SSSR count). The number of piperazine rings is 1. The normalized spacial score (nSPS) is 20.3. The fraction of sp³-hybridized carbons (Fsp3) is 0.538. The molecule has 4 heteroatoms. The van der Waals surface area contributed by atoms with Gasteiger partial charge in [-0.15, -0.1) is 0 Å². The number of carbonyl (C=O) groups is 1. The van der Waals surface area contributed by atoms with Gasteiger partial charge in [-0.3, -0.25) is 9.78 Å². The molecule has 92 valence electrons. The van der Waals surface area contributed by atoms with Gasteiger partial charge in [0, 0.05) is 44.5 Å². The average Bonchev–Trinajstić information content (AvgIpc) is 2.37. The lowest BCUT2D eigenvalue weighted by atomic mass is 10.1. The van der Waals surface area contributed by atoms with Gasteiger partial charge in [0.2, 0.25) is 5.91 Å². The maximum atomic E-state index is 12.0. The fourth-order valence-corrected chi connectivity index (χ4v) is 2.11. The van der Waals surface area contributed by atoms with Gasteiger partial charge in [-0.1, -0.05) is 6.07 Å². The van der Waals surface area contributed by atoms with Crippen molar-refractivity contribution in [1.29, 1.82) is 0 Å². The topological polar surface area (TPSA) is 45.2 Å². The zero-order chi connectivity index (χ0) is 12.1. The summed E-state index contributed by atoms with van der Waals surface area (Å²) in [6.07, 6.45) is 4.94. The quantitative estimate of drug-likeness (QED) is 0.841. The van der Waals surface area contributed by atoms with E-state index in [-0.39, 0.29) is 5.91 Å². The Morgan fingerprint density at radius 2 is 2.53 bits per heavy atom. The van der Waals surface area contributed by atoms with Crippen molar-refractivity contribution in [1.82, 2.24) is 15.2 Å². The van der Waals surface area contributed by atoms with Crippen molar-refractivity contribution in [3.05, 3.63) is 30.1 Å². The minimum absolute atomic E-state index is 0.252. The van der Waals surface area contributed by atoms with Gasteiger partial charge in [-0.25, -0.2) is 0 Å². The summed E-state index contributed by atoms with van der Waals surface area (Å²) >= 11 is 0. The maximum absolute atomic E-state index is 12.0. The van der Waals surface area contributed by atoms with Crippen molar-refractivity contribution in [2.45, 2.75) is 25.8 Å². The van der Waals surface area contributed by atoms with E-state index in [1.807, 2.05) is 23.2 Å². The molecule has 4 nitrogen and oxygen atoms in total. The summed E-state index contributed by atoms with van der Waals surface area (Å²) in [6.45, 7) is 4.67. The SMILES string of the molecule is C[C@@H]1CN(C(=O)CCc2cccnc2)CCN1. The molecule has 2 heterocycles. The van der Waals surface area contributed by atoms with Crippen LogP contribution < -0.4 is 5.32 Å². The lowest BCUT2D eigenvalue weighted by Gasteiger charge is -2.32. The van der Waals surface area contributed by atoms with Gasteiger partial charge in [-0.05, 0) is 25.0 Å². The van der Waals surface area contributed by atoms with Gasteiger partial charge in [0.1, 0.15) is 0 Å². The van der Waals surface area contributed by atoms with Gasteiger partial charge < -0.3 is 10.2 Å². The minimum atomic E-state index is 0.252. The van der Waals surface area contributed by atoms with Crippen LogP contribution in [0.2, 0.25) is 0 Å². The summed E-state index contributed by atoms with van der Waals surface area (Å²) in [5, 5.41) is 3.34. The number of hydrogen-bond donors (Lipinski definition) is 1. The summed E-state index contributed by atoms with van der Waals surface area (Å²) < 4.78 is 0. The van der Waals surface area contributed by atoms with Crippen LogP contribution in [-0.2, 0) is 11.2 Å². The molecule has 1 fully saturated rings. The monoisotopic (exact) mass is 233 g/mol. The predicted molar refractivity (Wildman–Crippen MR) is 66.6 cm³/mol. The van der Waals surface area contributed by atoms with E-state index in [4.69, 9.17) is 0 Å². The molecule has 0 spiro atoms. The van der Waals surface area contributed by atoms with E-state index in [1.165, 1.54) is 0 Å². The number of amides is 1. The Hall–Kier alpha value is -1.42. The van der Waals surface area contributed by atoms with Crippen LogP contribution in [0.5, 0.6) is 0 Å². The largest absolute Gasteiger partial charge is 0.340 e. The zero-order valence-corrected chi connectivity index (χ0v) is 10.2. The third kappa shape index (κ3) is 3.53. The van der Waals surface area contributed by atoms with Crippen LogP contribution in [0.1, 0.15) is 18.9 Å². The van der Waals surface area contributed by atoms with Crippen LogP contribution in [0.15, 0.2) is 24.5 Å². The van der Waals surface area contributed by atoms with Gasteiger partial charge in [0.05, 0.1) is 0 Å². The van der Waals surface area contributed by atoms with Gasteiger partial charge in [-0.2, -0.15) is 0 Å². The molecule has 0 aromatic carbocycles. The van der Waals surface area contributed by atoms with Crippen molar-refractivity contribution < 1.29 is 4.79 Å². The zero-order valence-electron chi connectivity index (χ0n) is 10.2. The van der Waals surface area contributed by atoms with Gasteiger partial charge in [0.25, 0.3) is 0 Å². The van der Waals surface area contributed by atoms with E-state index in [9.17, 15) is 4.79 Å². The molecule has 1 aliphatic heterocycles. The molecular formula is C13H19N3O. The average molecular weight is 233 g/mol.